The van der Waals surface area contributed by atoms with E-state index < -0.39 is 0 Å². The van der Waals surface area contributed by atoms with Gasteiger partial charge >= 0.3 is 0 Å². The van der Waals surface area contributed by atoms with E-state index in [1.54, 1.807) is 0 Å². The van der Waals surface area contributed by atoms with Crippen molar-refractivity contribution in [3.63, 3.8) is 0 Å². The second kappa shape index (κ2) is 5.59. The first-order valence-corrected chi connectivity index (χ1v) is 5.10. The lowest BCUT2D eigenvalue weighted by Crippen LogP contribution is -2.08. The highest BCUT2D eigenvalue weighted by atomic mass is 16.2. The first-order chi connectivity index (χ1) is 6.83. The molecule has 1 aromatic rings. The maximum atomic E-state index is 8.73. The highest BCUT2D eigenvalue weighted by molar-refractivity contribution is 5.25. The van der Waals surface area contributed by atoms with Crippen LogP contribution in [-0.4, -0.2) is 33.0 Å². The molecule has 0 unspecified atom stereocenters. The molecule has 0 aromatic carbocycles. The molecule has 1 rings (SSSR count). The highest BCUT2D eigenvalue weighted by Gasteiger charge is 2.08. The van der Waals surface area contributed by atoms with Crippen LogP contribution in [0.15, 0.2) is 0 Å². The van der Waals surface area contributed by atoms with Gasteiger partial charge in [0.2, 0.25) is 5.95 Å². The molecule has 0 spiro atoms. The summed E-state index contributed by atoms with van der Waals surface area (Å²) in [6.45, 7) is 6.00. The number of nitrogens with zero attached hydrogens (tertiary/aromatic N) is 3. The molecule has 0 amide bonds. The van der Waals surface area contributed by atoms with Crippen molar-refractivity contribution >= 4 is 5.95 Å². The van der Waals surface area contributed by atoms with E-state index in [4.69, 9.17) is 5.11 Å². The zero-order valence-electron chi connectivity index (χ0n) is 8.82. The minimum atomic E-state index is 0.202. The van der Waals surface area contributed by atoms with Crippen LogP contribution in [0.4, 0.5) is 5.95 Å². The van der Waals surface area contributed by atoms with Gasteiger partial charge in [-0.3, -0.25) is 4.57 Å². The van der Waals surface area contributed by atoms with Gasteiger partial charge in [0.1, 0.15) is 5.82 Å². The molecule has 0 aliphatic carbocycles. The summed E-state index contributed by atoms with van der Waals surface area (Å²) >= 11 is 0. The molecule has 0 atom stereocenters. The second-order valence-electron chi connectivity index (χ2n) is 3.04. The summed E-state index contributed by atoms with van der Waals surface area (Å²) in [6, 6.07) is 0. The van der Waals surface area contributed by atoms with Crippen LogP contribution in [0, 0.1) is 0 Å². The van der Waals surface area contributed by atoms with Gasteiger partial charge in [-0.25, -0.2) is 0 Å². The quantitative estimate of drug-likeness (QED) is 0.704. The lowest BCUT2D eigenvalue weighted by Gasteiger charge is -2.06. The number of nitrogens with one attached hydrogen (secondary N) is 1. The summed E-state index contributed by atoms with van der Waals surface area (Å²) in [6.07, 6.45) is 1.52. The molecule has 0 bridgehead atoms. The first kappa shape index (κ1) is 11.0. The molecule has 0 fully saturated rings. The van der Waals surface area contributed by atoms with Gasteiger partial charge in [0.05, 0.1) is 0 Å². The van der Waals surface area contributed by atoms with Gasteiger partial charge in [-0.05, 0) is 20.3 Å². The SMILES string of the molecule is CCNc1nnc(CCCO)n1CC. The van der Waals surface area contributed by atoms with Crippen LogP contribution in [-0.2, 0) is 13.0 Å². The molecule has 0 aliphatic rings. The first-order valence-electron chi connectivity index (χ1n) is 5.10. The Hall–Kier alpha value is -1.10. The molecular weight excluding hydrogens is 180 g/mol. The number of hydrogen-bond donors (Lipinski definition) is 2. The van der Waals surface area contributed by atoms with E-state index in [0.717, 1.165) is 37.7 Å². The predicted molar refractivity (Wildman–Crippen MR) is 55.3 cm³/mol. The molecule has 80 valence electrons. The van der Waals surface area contributed by atoms with Crippen LogP contribution >= 0.6 is 0 Å². The smallest absolute Gasteiger partial charge is 0.224 e. The van der Waals surface area contributed by atoms with Crippen LogP contribution in [0.25, 0.3) is 0 Å². The molecule has 0 aliphatic heterocycles. The lowest BCUT2D eigenvalue weighted by molar-refractivity contribution is 0.287. The van der Waals surface area contributed by atoms with Crippen molar-refractivity contribution in [1.29, 1.82) is 0 Å². The molecule has 1 heterocycles. The Balaban J connectivity index is 2.73. The van der Waals surface area contributed by atoms with Crippen molar-refractivity contribution in [2.45, 2.75) is 33.2 Å². The Kier molecular flexibility index (Phi) is 4.39. The van der Waals surface area contributed by atoms with Crippen molar-refractivity contribution < 1.29 is 5.11 Å². The van der Waals surface area contributed by atoms with Crippen molar-refractivity contribution in [1.82, 2.24) is 14.8 Å². The number of aryl methyl sites for hydroxylation is 1. The molecule has 5 nitrogen and oxygen atoms in total. The summed E-state index contributed by atoms with van der Waals surface area (Å²) < 4.78 is 2.04. The number of hydrogen-bond acceptors (Lipinski definition) is 4. The third kappa shape index (κ3) is 2.45. The average molecular weight is 198 g/mol. The minimum absolute atomic E-state index is 0.202. The fourth-order valence-corrected chi connectivity index (χ4v) is 1.38. The molecule has 5 heteroatoms. The van der Waals surface area contributed by atoms with Crippen LogP contribution < -0.4 is 5.32 Å². The van der Waals surface area contributed by atoms with Gasteiger partial charge in [0.25, 0.3) is 0 Å². The number of aromatic nitrogens is 3. The Labute approximate surface area is 84.2 Å². The molecule has 1 aromatic heterocycles. The predicted octanol–water partition coefficient (Wildman–Crippen LogP) is 0.655. The zero-order valence-corrected chi connectivity index (χ0v) is 8.82. The van der Waals surface area contributed by atoms with Crippen LogP contribution in [0.1, 0.15) is 26.1 Å². The zero-order chi connectivity index (χ0) is 10.4. The van der Waals surface area contributed by atoms with Crippen molar-refractivity contribution in [3.8, 4) is 0 Å². The van der Waals surface area contributed by atoms with E-state index in [-0.39, 0.29) is 6.61 Å². The number of rotatable bonds is 6. The van der Waals surface area contributed by atoms with Gasteiger partial charge in [0.15, 0.2) is 0 Å². The van der Waals surface area contributed by atoms with E-state index in [1.165, 1.54) is 0 Å². The largest absolute Gasteiger partial charge is 0.396 e. The fraction of sp³-hybridized carbons (Fsp3) is 0.778. The number of aliphatic hydroxyl groups is 1. The molecule has 14 heavy (non-hydrogen) atoms. The lowest BCUT2D eigenvalue weighted by atomic mass is 10.3. The third-order valence-corrected chi connectivity index (χ3v) is 2.04. The maximum absolute atomic E-state index is 8.73. The Morgan fingerprint density at radius 3 is 2.71 bits per heavy atom. The van der Waals surface area contributed by atoms with Gasteiger partial charge in [-0.15, -0.1) is 10.2 Å². The Morgan fingerprint density at radius 1 is 1.36 bits per heavy atom. The third-order valence-electron chi connectivity index (χ3n) is 2.04. The number of anilines is 1. The van der Waals surface area contributed by atoms with E-state index in [0.29, 0.717) is 0 Å². The van der Waals surface area contributed by atoms with E-state index in [1.807, 2.05) is 11.5 Å². The molecule has 0 radical (unpaired) electrons. The van der Waals surface area contributed by atoms with Crippen molar-refractivity contribution in [3.05, 3.63) is 5.82 Å². The van der Waals surface area contributed by atoms with Crippen molar-refractivity contribution in [2.75, 3.05) is 18.5 Å². The second-order valence-corrected chi connectivity index (χ2v) is 3.04. The van der Waals surface area contributed by atoms with Gasteiger partial charge in [-0.1, -0.05) is 0 Å². The van der Waals surface area contributed by atoms with Crippen LogP contribution in [0.2, 0.25) is 0 Å². The maximum Gasteiger partial charge on any atom is 0.224 e. The average Bonchev–Trinajstić information content (AvgIpc) is 2.58. The summed E-state index contributed by atoms with van der Waals surface area (Å²) in [5.41, 5.74) is 0. The summed E-state index contributed by atoms with van der Waals surface area (Å²) in [4.78, 5) is 0. The summed E-state index contributed by atoms with van der Waals surface area (Å²) in [5.74, 6) is 1.76. The molecule has 0 saturated heterocycles. The van der Waals surface area contributed by atoms with Crippen molar-refractivity contribution in [2.24, 2.45) is 0 Å². The van der Waals surface area contributed by atoms with Gasteiger partial charge in [-0.2, -0.15) is 0 Å². The normalized spacial score (nSPS) is 10.5. The Bertz CT molecular complexity index is 272. The standard InChI is InChI=1S/C9H18N4O/c1-3-10-9-12-11-8(6-5-7-14)13(9)4-2/h14H,3-7H2,1-2H3,(H,10,12). The monoisotopic (exact) mass is 198 g/mol. The van der Waals surface area contributed by atoms with E-state index in [9.17, 15) is 0 Å². The van der Waals surface area contributed by atoms with Gasteiger partial charge < -0.3 is 10.4 Å². The number of aliphatic hydroxyl groups excluding tert-OH is 1. The molecule has 2 N–H and O–H groups in total. The van der Waals surface area contributed by atoms with Crippen LogP contribution in [0.5, 0.6) is 0 Å². The fourth-order valence-electron chi connectivity index (χ4n) is 1.38. The van der Waals surface area contributed by atoms with E-state index in [2.05, 4.69) is 22.4 Å². The summed E-state index contributed by atoms with van der Waals surface area (Å²) in [5, 5.41) is 20.0. The summed E-state index contributed by atoms with van der Waals surface area (Å²) in [7, 11) is 0. The van der Waals surface area contributed by atoms with Crippen LogP contribution in [0.3, 0.4) is 0 Å². The highest BCUT2D eigenvalue weighted by Crippen LogP contribution is 2.08. The molecular formula is C9H18N4O. The van der Waals surface area contributed by atoms with Gasteiger partial charge in [0, 0.05) is 26.1 Å². The topological polar surface area (TPSA) is 63.0 Å². The minimum Gasteiger partial charge on any atom is -0.396 e. The van der Waals surface area contributed by atoms with E-state index >= 15 is 0 Å². The molecule has 0 saturated carbocycles. The Morgan fingerprint density at radius 2 is 2.14 bits per heavy atom.